The Balaban J connectivity index is 2.83. The Kier molecular flexibility index (Phi) is 5.43. The van der Waals surface area contributed by atoms with Gasteiger partial charge in [0, 0.05) is 19.1 Å². The number of nitrogens with zero attached hydrogens (tertiary/aromatic N) is 2. The maximum Gasteiger partial charge on any atom is 0.0572 e. The van der Waals surface area contributed by atoms with Gasteiger partial charge in [-0.3, -0.25) is 4.98 Å². The number of rotatable bonds is 7. The quantitative estimate of drug-likeness (QED) is 0.734. The van der Waals surface area contributed by atoms with Crippen molar-refractivity contribution in [1.82, 2.24) is 4.98 Å². The van der Waals surface area contributed by atoms with E-state index in [0.717, 1.165) is 30.9 Å². The lowest BCUT2D eigenvalue weighted by Gasteiger charge is -2.21. The maximum absolute atomic E-state index is 5.93. The van der Waals surface area contributed by atoms with Crippen LogP contribution >= 0.6 is 0 Å². The van der Waals surface area contributed by atoms with Crippen molar-refractivity contribution in [1.29, 1.82) is 0 Å². The van der Waals surface area contributed by atoms with Crippen LogP contribution in [0.15, 0.2) is 43.6 Å². The van der Waals surface area contributed by atoms with Crippen LogP contribution in [0.4, 0.5) is 5.69 Å². The number of hydrogen-bond acceptors (Lipinski definition) is 3. The average Bonchev–Trinajstić information content (AvgIpc) is 2.38. The highest BCUT2D eigenvalue weighted by Crippen LogP contribution is 2.16. The van der Waals surface area contributed by atoms with Crippen molar-refractivity contribution in [2.75, 3.05) is 18.0 Å². The Hall–Kier alpha value is -1.61. The van der Waals surface area contributed by atoms with E-state index in [2.05, 4.69) is 30.0 Å². The first kappa shape index (κ1) is 13.5. The molecule has 1 heterocycles. The summed E-state index contributed by atoms with van der Waals surface area (Å²) in [6.07, 6.45) is 6.50. The molecule has 92 valence electrons. The van der Waals surface area contributed by atoms with Gasteiger partial charge in [-0.25, -0.2) is 0 Å². The number of pyridine rings is 1. The topological polar surface area (TPSA) is 42.1 Å². The molecule has 1 rings (SSSR count). The van der Waals surface area contributed by atoms with Gasteiger partial charge in [0.15, 0.2) is 0 Å². The van der Waals surface area contributed by atoms with Gasteiger partial charge in [-0.1, -0.05) is 19.1 Å². The number of nitrogens with two attached hydrogens (primary N) is 1. The van der Waals surface area contributed by atoms with Gasteiger partial charge in [0.1, 0.15) is 0 Å². The fourth-order valence-corrected chi connectivity index (χ4v) is 1.61. The molecule has 2 N–H and O–H groups in total. The average molecular weight is 231 g/mol. The van der Waals surface area contributed by atoms with Crippen molar-refractivity contribution in [2.45, 2.75) is 19.4 Å². The first-order valence-electron chi connectivity index (χ1n) is 5.91. The molecule has 0 amide bonds. The van der Waals surface area contributed by atoms with Crippen molar-refractivity contribution >= 4 is 5.69 Å². The number of aromatic nitrogens is 1. The summed E-state index contributed by atoms with van der Waals surface area (Å²) < 4.78 is 0. The molecule has 3 nitrogen and oxygen atoms in total. The van der Waals surface area contributed by atoms with Crippen molar-refractivity contribution < 1.29 is 0 Å². The molecule has 0 saturated carbocycles. The van der Waals surface area contributed by atoms with Crippen LogP contribution < -0.4 is 10.6 Å². The molecule has 1 atom stereocenters. The van der Waals surface area contributed by atoms with Gasteiger partial charge in [-0.15, -0.1) is 13.2 Å². The predicted molar refractivity (Wildman–Crippen MR) is 74.1 cm³/mol. The van der Waals surface area contributed by atoms with E-state index in [9.17, 15) is 0 Å². The Morgan fingerprint density at radius 2 is 2.00 bits per heavy atom. The largest absolute Gasteiger partial charge is 0.363 e. The van der Waals surface area contributed by atoms with Gasteiger partial charge in [0.25, 0.3) is 0 Å². The lowest BCUT2D eigenvalue weighted by molar-refractivity contribution is 0.675. The summed E-state index contributed by atoms with van der Waals surface area (Å²) in [6.45, 7) is 11.1. The summed E-state index contributed by atoms with van der Waals surface area (Å²) in [5.74, 6) is 0. The molecule has 0 aliphatic carbocycles. The van der Waals surface area contributed by atoms with Crippen LogP contribution in [0.3, 0.4) is 0 Å². The zero-order valence-electron chi connectivity index (χ0n) is 10.5. The molecule has 0 unspecified atom stereocenters. The third-order valence-electron chi connectivity index (χ3n) is 2.65. The Labute approximate surface area is 104 Å². The highest BCUT2D eigenvalue weighted by Gasteiger charge is 2.07. The Bertz CT molecular complexity index is 346. The van der Waals surface area contributed by atoms with Gasteiger partial charge in [-0.05, 0) is 18.6 Å². The molecule has 0 saturated heterocycles. The normalized spacial score (nSPS) is 11.9. The molecule has 0 spiro atoms. The van der Waals surface area contributed by atoms with Gasteiger partial charge < -0.3 is 10.6 Å². The zero-order valence-corrected chi connectivity index (χ0v) is 10.5. The second-order valence-electron chi connectivity index (χ2n) is 3.94. The molecule has 0 radical (unpaired) electrons. The molecule has 1 aromatic rings. The SMILES string of the molecule is C=CCN(CC=C)c1ccc([C@@H](N)CC)nc1. The van der Waals surface area contributed by atoms with E-state index in [4.69, 9.17) is 5.73 Å². The van der Waals surface area contributed by atoms with Gasteiger partial charge in [0.05, 0.1) is 17.6 Å². The van der Waals surface area contributed by atoms with Crippen LogP contribution in [0.2, 0.25) is 0 Å². The van der Waals surface area contributed by atoms with Crippen molar-refractivity contribution in [3.63, 3.8) is 0 Å². The number of hydrogen-bond donors (Lipinski definition) is 1. The van der Waals surface area contributed by atoms with E-state index in [1.54, 1.807) is 0 Å². The smallest absolute Gasteiger partial charge is 0.0572 e. The van der Waals surface area contributed by atoms with Crippen molar-refractivity contribution in [3.05, 3.63) is 49.3 Å². The minimum atomic E-state index is 0.0244. The Morgan fingerprint density at radius 1 is 1.35 bits per heavy atom. The molecule has 0 aliphatic heterocycles. The number of anilines is 1. The fraction of sp³-hybridized carbons (Fsp3) is 0.357. The summed E-state index contributed by atoms with van der Waals surface area (Å²) in [7, 11) is 0. The van der Waals surface area contributed by atoms with E-state index in [-0.39, 0.29) is 6.04 Å². The van der Waals surface area contributed by atoms with Crippen LogP contribution in [0.5, 0.6) is 0 Å². The monoisotopic (exact) mass is 231 g/mol. The van der Waals surface area contributed by atoms with Crippen LogP contribution in [0, 0.1) is 0 Å². The minimum absolute atomic E-state index is 0.0244. The van der Waals surface area contributed by atoms with Crippen LogP contribution in [0.1, 0.15) is 25.1 Å². The second kappa shape index (κ2) is 6.86. The van der Waals surface area contributed by atoms with E-state index < -0.39 is 0 Å². The lowest BCUT2D eigenvalue weighted by atomic mass is 10.1. The van der Waals surface area contributed by atoms with E-state index in [0.29, 0.717) is 0 Å². The first-order valence-corrected chi connectivity index (χ1v) is 5.91. The summed E-state index contributed by atoms with van der Waals surface area (Å²) >= 11 is 0. The van der Waals surface area contributed by atoms with Crippen LogP contribution in [-0.2, 0) is 0 Å². The lowest BCUT2D eigenvalue weighted by Crippen LogP contribution is -2.23. The van der Waals surface area contributed by atoms with Crippen LogP contribution in [0.25, 0.3) is 0 Å². The summed E-state index contributed by atoms with van der Waals surface area (Å²) in [5, 5.41) is 0. The molecule has 0 bridgehead atoms. The molecule has 0 fully saturated rings. The molecule has 1 aromatic heterocycles. The molecular weight excluding hydrogens is 210 g/mol. The van der Waals surface area contributed by atoms with Gasteiger partial charge in [0.2, 0.25) is 0 Å². The first-order chi connectivity index (χ1) is 8.22. The maximum atomic E-state index is 5.93. The summed E-state index contributed by atoms with van der Waals surface area (Å²) in [4.78, 5) is 6.55. The van der Waals surface area contributed by atoms with E-state index >= 15 is 0 Å². The summed E-state index contributed by atoms with van der Waals surface area (Å²) in [5.41, 5.74) is 7.93. The van der Waals surface area contributed by atoms with Crippen molar-refractivity contribution in [2.24, 2.45) is 5.73 Å². The van der Waals surface area contributed by atoms with E-state index in [1.807, 2.05) is 30.5 Å². The third kappa shape index (κ3) is 3.71. The highest BCUT2D eigenvalue weighted by molar-refractivity contribution is 5.46. The fourth-order valence-electron chi connectivity index (χ4n) is 1.61. The molecule has 0 aromatic carbocycles. The molecule has 17 heavy (non-hydrogen) atoms. The molecular formula is C14H21N3. The highest BCUT2D eigenvalue weighted by atomic mass is 15.1. The molecule has 0 aliphatic rings. The summed E-state index contributed by atoms with van der Waals surface area (Å²) in [6, 6.07) is 4.06. The second-order valence-corrected chi connectivity index (χ2v) is 3.94. The van der Waals surface area contributed by atoms with E-state index in [1.165, 1.54) is 0 Å². The van der Waals surface area contributed by atoms with Crippen molar-refractivity contribution in [3.8, 4) is 0 Å². The zero-order chi connectivity index (χ0) is 12.7. The Morgan fingerprint density at radius 3 is 2.41 bits per heavy atom. The van der Waals surface area contributed by atoms with Gasteiger partial charge >= 0.3 is 0 Å². The predicted octanol–water partition coefficient (Wildman–Crippen LogP) is 2.67. The van der Waals surface area contributed by atoms with Crippen LogP contribution in [-0.4, -0.2) is 18.1 Å². The minimum Gasteiger partial charge on any atom is -0.363 e. The van der Waals surface area contributed by atoms with Gasteiger partial charge in [-0.2, -0.15) is 0 Å². The third-order valence-corrected chi connectivity index (χ3v) is 2.65. The molecule has 3 heteroatoms. The standard InChI is InChI=1S/C14H21N3/c1-4-9-17(10-5-2)12-7-8-14(16-11-12)13(15)6-3/h4-5,7-8,11,13H,1-2,6,9-10,15H2,3H3/t13-/m0/s1.